The lowest BCUT2D eigenvalue weighted by molar-refractivity contribution is 0.532. The Morgan fingerprint density at radius 2 is 1.82 bits per heavy atom. The number of rotatable bonds is 4. The van der Waals surface area contributed by atoms with Crippen LogP contribution in [0, 0.1) is 13.8 Å². The zero-order chi connectivity index (χ0) is 16.5. The predicted octanol–water partition coefficient (Wildman–Crippen LogP) is 3.74. The molecule has 0 aliphatic heterocycles. The Kier molecular flexibility index (Phi) is 4.57. The van der Waals surface area contributed by atoms with Crippen molar-refractivity contribution in [1.82, 2.24) is 4.57 Å². The second-order valence-electron chi connectivity index (χ2n) is 6.63. The van der Waals surface area contributed by atoms with Gasteiger partial charge in [-0.05, 0) is 51.8 Å². The minimum absolute atomic E-state index is 0.0202. The van der Waals surface area contributed by atoms with Crippen LogP contribution in [0.4, 0.5) is 0 Å². The number of benzene rings is 1. The molecule has 2 rings (SSSR count). The van der Waals surface area contributed by atoms with Crippen molar-refractivity contribution in [2.75, 3.05) is 0 Å². The number of aromatic nitrogens is 1. The smallest absolute Gasteiger partial charge is 0.256 e. The van der Waals surface area contributed by atoms with E-state index in [1.54, 1.807) is 0 Å². The van der Waals surface area contributed by atoms with E-state index >= 15 is 0 Å². The molecule has 2 N–H and O–H groups in total. The van der Waals surface area contributed by atoms with E-state index in [0.29, 0.717) is 12.1 Å². The number of nitrogens with two attached hydrogens (primary N) is 1. The number of nitrogens with zero attached hydrogens (tertiary/aromatic N) is 1. The predicted molar refractivity (Wildman–Crippen MR) is 93.1 cm³/mol. The molecule has 2 aromatic rings. The van der Waals surface area contributed by atoms with E-state index in [4.69, 9.17) is 5.73 Å². The first kappa shape index (κ1) is 16.5. The normalized spacial score (nSPS) is 11.7. The third-order valence-corrected chi connectivity index (χ3v) is 3.97. The summed E-state index contributed by atoms with van der Waals surface area (Å²) >= 11 is 0. The van der Waals surface area contributed by atoms with Gasteiger partial charge in [0.05, 0.1) is 5.69 Å². The molecule has 0 fully saturated rings. The highest BCUT2D eigenvalue weighted by Crippen LogP contribution is 2.25. The number of hydrogen-bond donors (Lipinski definition) is 1. The Labute approximate surface area is 132 Å². The molecule has 0 bridgehead atoms. The molecule has 3 nitrogen and oxygen atoms in total. The maximum atomic E-state index is 12.9. The maximum absolute atomic E-state index is 12.9. The fraction of sp³-hybridized carbons (Fsp3) is 0.421. The Balaban J connectivity index is 2.71. The molecule has 22 heavy (non-hydrogen) atoms. The van der Waals surface area contributed by atoms with Crippen LogP contribution in [0.3, 0.4) is 0 Å². The Hall–Kier alpha value is -1.87. The minimum atomic E-state index is -0.632. The summed E-state index contributed by atoms with van der Waals surface area (Å²) in [5.74, 6) is 0. The first-order chi connectivity index (χ1) is 10.3. The van der Waals surface area contributed by atoms with E-state index in [2.05, 4.69) is 39.0 Å². The summed E-state index contributed by atoms with van der Waals surface area (Å²) in [5, 5.41) is 0. The summed E-state index contributed by atoms with van der Waals surface area (Å²) in [6.45, 7) is 10.7. The summed E-state index contributed by atoms with van der Waals surface area (Å²) in [4.78, 5) is 12.9. The van der Waals surface area contributed by atoms with Crippen molar-refractivity contribution in [2.45, 2.75) is 53.1 Å². The lowest BCUT2D eigenvalue weighted by Crippen LogP contribution is -2.38. The van der Waals surface area contributed by atoms with Gasteiger partial charge >= 0.3 is 0 Å². The van der Waals surface area contributed by atoms with Gasteiger partial charge in [0.25, 0.3) is 5.56 Å². The van der Waals surface area contributed by atoms with E-state index < -0.39 is 5.54 Å². The van der Waals surface area contributed by atoms with Gasteiger partial charge in [0, 0.05) is 23.2 Å². The largest absolute Gasteiger partial charge is 0.322 e. The highest BCUT2D eigenvalue weighted by Gasteiger charge is 2.21. The van der Waals surface area contributed by atoms with Gasteiger partial charge < -0.3 is 10.3 Å². The highest BCUT2D eigenvalue weighted by atomic mass is 16.1. The van der Waals surface area contributed by atoms with Crippen molar-refractivity contribution < 1.29 is 0 Å². The molecular formula is C19H26N2O. The quantitative estimate of drug-likeness (QED) is 0.934. The molecule has 118 valence electrons. The minimum Gasteiger partial charge on any atom is -0.322 e. The lowest BCUT2D eigenvalue weighted by atomic mass is 9.95. The maximum Gasteiger partial charge on any atom is 0.256 e. The molecule has 1 aromatic heterocycles. The SMILES string of the molecule is CCCn1c(-c2ccc(C)cc2C)ccc(C(C)(C)N)c1=O. The summed E-state index contributed by atoms with van der Waals surface area (Å²) in [6.07, 6.45) is 0.909. The molecule has 0 atom stereocenters. The van der Waals surface area contributed by atoms with E-state index in [1.165, 1.54) is 11.1 Å². The topological polar surface area (TPSA) is 48.0 Å². The second kappa shape index (κ2) is 6.09. The summed E-state index contributed by atoms with van der Waals surface area (Å²) in [7, 11) is 0. The monoisotopic (exact) mass is 298 g/mol. The van der Waals surface area contributed by atoms with Crippen LogP contribution in [0.5, 0.6) is 0 Å². The van der Waals surface area contributed by atoms with Crippen LogP contribution < -0.4 is 11.3 Å². The molecule has 0 amide bonds. The van der Waals surface area contributed by atoms with E-state index in [1.807, 2.05) is 30.5 Å². The van der Waals surface area contributed by atoms with Gasteiger partial charge in [-0.25, -0.2) is 0 Å². The van der Waals surface area contributed by atoms with Crippen molar-refractivity contribution in [3.05, 3.63) is 57.4 Å². The van der Waals surface area contributed by atoms with Crippen molar-refractivity contribution >= 4 is 0 Å². The lowest BCUT2D eigenvalue weighted by Gasteiger charge is -2.22. The fourth-order valence-electron chi connectivity index (χ4n) is 2.85. The van der Waals surface area contributed by atoms with Gasteiger partial charge in [-0.1, -0.05) is 30.7 Å². The van der Waals surface area contributed by atoms with Crippen LogP contribution in [-0.4, -0.2) is 4.57 Å². The molecule has 0 unspecified atom stereocenters. The molecule has 0 aliphatic rings. The van der Waals surface area contributed by atoms with Gasteiger partial charge in [-0.3, -0.25) is 4.79 Å². The van der Waals surface area contributed by atoms with Gasteiger partial charge in [0.2, 0.25) is 0 Å². The van der Waals surface area contributed by atoms with E-state index in [-0.39, 0.29) is 5.56 Å². The number of pyridine rings is 1. The van der Waals surface area contributed by atoms with Gasteiger partial charge in [0.15, 0.2) is 0 Å². The standard InChI is InChI=1S/C19H26N2O/c1-6-11-21-17(15-8-7-13(2)12-14(15)3)10-9-16(18(21)22)19(4,5)20/h7-10,12H,6,11,20H2,1-5H3. The molecular weight excluding hydrogens is 272 g/mol. The molecule has 1 heterocycles. The van der Waals surface area contributed by atoms with Crippen molar-refractivity contribution in [3.8, 4) is 11.3 Å². The molecule has 0 saturated heterocycles. The Morgan fingerprint density at radius 1 is 1.14 bits per heavy atom. The highest BCUT2D eigenvalue weighted by molar-refractivity contribution is 5.64. The van der Waals surface area contributed by atoms with Crippen molar-refractivity contribution in [2.24, 2.45) is 5.73 Å². The third kappa shape index (κ3) is 3.14. The fourth-order valence-corrected chi connectivity index (χ4v) is 2.85. The van der Waals surface area contributed by atoms with Crippen LogP contribution in [0.15, 0.2) is 35.1 Å². The molecule has 3 heteroatoms. The van der Waals surface area contributed by atoms with Gasteiger partial charge in [-0.15, -0.1) is 0 Å². The summed E-state index contributed by atoms with van der Waals surface area (Å²) in [5.41, 5.74) is 10.7. The van der Waals surface area contributed by atoms with Crippen molar-refractivity contribution in [3.63, 3.8) is 0 Å². The van der Waals surface area contributed by atoms with Crippen LogP contribution >= 0.6 is 0 Å². The van der Waals surface area contributed by atoms with E-state index in [0.717, 1.165) is 17.7 Å². The van der Waals surface area contributed by atoms with Gasteiger partial charge in [0.1, 0.15) is 0 Å². The molecule has 0 saturated carbocycles. The van der Waals surface area contributed by atoms with Crippen LogP contribution in [0.1, 0.15) is 43.9 Å². The second-order valence-corrected chi connectivity index (χ2v) is 6.63. The Bertz CT molecular complexity index is 736. The van der Waals surface area contributed by atoms with Gasteiger partial charge in [-0.2, -0.15) is 0 Å². The molecule has 0 spiro atoms. The average molecular weight is 298 g/mol. The summed E-state index contributed by atoms with van der Waals surface area (Å²) in [6, 6.07) is 10.2. The van der Waals surface area contributed by atoms with E-state index in [9.17, 15) is 4.79 Å². The first-order valence-electron chi connectivity index (χ1n) is 7.86. The number of aryl methyl sites for hydroxylation is 2. The zero-order valence-corrected chi connectivity index (χ0v) is 14.2. The first-order valence-corrected chi connectivity index (χ1v) is 7.86. The Morgan fingerprint density at radius 3 is 2.36 bits per heavy atom. The van der Waals surface area contributed by atoms with Crippen LogP contribution in [-0.2, 0) is 12.1 Å². The third-order valence-electron chi connectivity index (χ3n) is 3.97. The number of hydrogen-bond acceptors (Lipinski definition) is 2. The zero-order valence-electron chi connectivity index (χ0n) is 14.2. The summed E-state index contributed by atoms with van der Waals surface area (Å²) < 4.78 is 1.86. The van der Waals surface area contributed by atoms with Crippen LogP contribution in [0.2, 0.25) is 0 Å². The average Bonchev–Trinajstić information content (AvgIpc) is 2.40. The van der Waals surface area contributed by atoms with Crippen molar-refractivity contribution in [1.29, 1.82) is 0 Å². The molecule has 1 aromatic carbocycles. The molecule has 0 aliphatic carbocycles. The van der Waals surface area contributed by atoms with Crippen LogP contribution in [0.25, 0.3) is 11.3 Å². The molecule has 0 radical (unpaired) electrons.